The van der Waals surface area contributed by atoms with Crippen molar-refractivity contribution in [3.05, 3.63) is 35.9 Å². The van der Waals surface area contributed by atoms with Gasteiger partial charge in [0, 0.05) is 6.42 Å². The van der Waals surface area contributed by atoms with Crippen molar-refractivity contribution in [3.63, 3.8) is 0 Å². The van der Waals surface area contributed by atoms with Crippen LogP contribution < -0.4 is 5.32 Å². The molecular weight excluding hydrogens is 268 g/mol. The van der Waals surface area contributed by atoms with Gasteiger partial charge < -0.3 is 15.3 Å². The van der Waals surface area contributed by atoms with E-state index in [1.54, 1.807) is 0 Å². The lowest BCUT2D eigenvalue weighted by atomic mass is 9.92. The topological polar surface area (TPSA) is 70.9 Å². The van der Waals surface area contributed by atoms with Crippen molar-refractivity contribution in [3.8, 4) is 0 Å². The molecule has 1 saturated carbocycles. The predicted octanol–water partition coefficient (Wildman–Crippen LogP) is 1.60. The van der Waals surface area contributed by atoms with Gasteiger partial charge in [-0.25, -0.2) is 0 Å². The Labute approximate surface area is 124 Å². The second kappa shape index (κ2) is 6.26. The van der Waals surface area contributed by atoms with E-state index in [9.17, 15) is 9.90 Å². The van der Waals surface area contributed by atoms with Crippen LogP contribution in [0.2, 0.25) is 0 Å². The van der Waals surface area contributed by atoms with Crippen LogP contribution in [0, 0.1) is 0 Å². The number of amides is 1. The van der Waals surface area contributed by atoms with Crippen molar-refractivity contribution in [2.45, 2.75) is 50.4 Å². The number of benzene rings is 1. The normalized spacial score (nSPS) is 28.6. The van der Waals surface area contributed by atoms with E-state index in [0.29, 0.717) is 6.42 Å². The SMILES string of the molecule is O=C(N[C@@H]1CCCC[C@H]1O)C1CC(c2ccccc2)=NO1. The van der Waals surface area contributed by atoms with Gasteiger partial charge in [0.1, 0.15) is 0 Å². The van der Waals surface area contributed by atoms with Crippen LogP contribution in [-0.4, -0.2) is 35.0 Å². The fourth-order valence-corrected chi connectivity index (χ4v) is 2.87. The van der Waals surface area contributed by atoms with Gasteiger partial charge in [0.25, 0.3) is 5.91 Å². The van der Waals surface area contributed by atoms with Crippen LogP contribution in [0.5, 0.6) is 0 Å². The van der Waals surface area contributed by atoms with Crippen LogP contribution >= 0.6 is 0 Å². The molecule has 3 atom stereocenters. The van der Waals surface area contributed by atoms with Crippen molar-refractivity contribution in [2.75, 3.05) is 0 Å². The summed E-state index contributed by atoms with van der Waals surface area (Å²) >= 11 is 0. The molecule has 3 rings (SSSR count). The first-order valence-corrected chi connectivity index (χ1v) is 7.50. The molecule has 1 aromatic rings. The predicted molar refractivity (Wildman–Crippen MR) is 78.9 cm³/mol. The minimum absolute atomic E-state index is 0.157. The highest BCUT2D eigenvalue weighted by atomic mass is 16.6. The minimum Gasteiger partial charge on any atom is -0.391 e. The maximum Gasteiger partial charge on any atom is 0.264 e. The summed E-state index contributed by atoms with van der Waals surface area (Å²) in [6, 6.07) is 9.55. The number of carbonyl (C=O) groups is 1. The summed E-state index contributed by atoms with van der Waals surface area (Å²) in [6.45, 7) is 0. The number of nitrogens with zero attached hydrogens (tertiary/aromatic N) is 1. The monoisotopic (exact) mass is 288 g/mol. The Morgan fingerprint density at radius 2 is 2.00 bits per heavy atom. The van der Waals surface area contributed by atoms with Crippen LogP contribution in [0.1, 0.15) is 37.7 Å². The largest absolute Gasteiger partial charge is 0.391 e. The molecule has 1 heterocycles. The molecule has 1 unspecified atom stereocenters. The number of hydrogen-bond acceptors (Lipinski definition) is 4. The van der Waals surface area contributed by atoms with Gasteiger partial charge in [-0.05, 0) is 18.4 Å². The third-order valence-electron chi connectivity index (χ3n) is 4.13. The second-order valence-corrected chi connectivity index (χ2v) is 5.67. The Bertz CT molecular complexity index is 530. The Kier molecular flexibility index (Phi) is 4.20. The highest BCUT2D eigenvalue weighted by molar-refractivity contribution is 6.04. The van der Waals surface area contributed by atoms with E-state index in [1.807, 2.05) is 30.3 Å². The standard InChI is InChI=1S/C16H20N2O3/c19-14-9-5-4-8-12(14)17-16(20)15-10-13(18-21-15)11-6-2-1-3-7-11/h1-3,6-7,12,14-15,19H,4-5,8-10H2,(H,17,20)/t12-,14-,15?/m1/s1. The molecule has 5 heteroatoms. The molecule has 5 nitrogen and oxygen atoms in total. The summed E-state index contributed by atoms with van der Waals surface area (Å²) < 4.78 is 0. The third-order valence-corrected chi connectivity index (χ3v) is 4.13. The first kappa shape index (κ1) is 14.1. The van der Waals surface area contributed by atoms with Crippen molar-refractivity contribution in [2.24, 2.45) is 5.16 Å². The number of hydrogen-bond donors (Lipinski definition) is 2. The summed E-state index contributed by atoms with van der Waals surface area (Å²) in [7, 11) is 0. The van der Waals surface area contributed by atoms with Gasteiger partial charge in [0.15, 0.2) is 0 Å². The number of rotatable bonds is 3. The molecule has 0 radical (unpaired) electrons. The molecule has 1 amide bonds. The van der Waals surface area contributed by atoms with Crippen LogP contribution in [0.25, 0.3) is 0 Å². The van der Waals surface area contributed by atoms with E-state index >= 15 is 0 Å². The first-order chi connectivity index (χ1) is 10.2. The van der Waals surface area contributed by atoms with Gasteiger partial charge in [0.2, 0.25) is 6.10 Å². The molecule has 1 fully saturated rings. The van der Waals surface area contributed by atoms with Crippen molar-refractivity contribution >= 4 is 11.6 Å². The average molecular weight is 288 g/mol. The van der Waals surface area contributed by atoms with E-state index in [4.69, 9.17) is 4.84 Å². The molecule has 0 saturated heterocycles. The molecule has 0 spiro atoms. The smallest absolute Gasteiger partial charge is 0.264 e. The van der Waals surface area contributed by atoms with Gasteiger partial charge in [-0.1, -0.05) is 48.3 Å². The zero-order valence-corrected chi connectivity index (χ0v) is 11.9. The summed E-state index contributed by atoms with van der Waals surface area (Å²) in [6.07, 6.45) is 3.08. The van der Waals surface area contributed by atoms with Gasteiger partial charge >= 0.3 is 0 Å². The Morgan fingerprint density at radius 1 is 1.24 bits per heavy atom. The van der Waals surface area contributed by atoms with Crippen molar-refractivity contribution in [1.82, 2.24) is 5.32 Å². The third kappa shape index (κ3) is 3.24. The molecule has 2 aliphatic rings. The van der Waals surface area contributed by atoms with E-state index in [0.717, 1.165) is 37.0 Å². The summed E-state index contributed by atoms with van der Waals surface area (Å²) in [5.41, 5.74) is 1.77. The lowest BCUT2D eigenvalue weighted by Crippen LogP contribution is -2.48. The molecule has 0 aromatic heterocycles. The lowest BCUT2D eigenvalue weighted by Gasteiger charge is -2.28. The zero-order chi connectivity index (χ0) is 14.7. The Hall–Kier alpha value is -1.88. The molecule has 112 valence electrons. The number of aliphatic hydroxyl groups is 1. The number of oxime groups is 1. The fraction of sp³-hybridized carbons (Fsp3) is 0.500. The molecule has 0 bridgehead atoms. The van der Waals surface area contributed by atoms with Crippen LogP contribution in [-0.2, 0) is 9.63 Å². The molecule has 1 aliphatic heterocycles. The maximum absolute atomic E-state index is 12.2. The van der Waals surface area contributed by atoms with Crippen molar-refractivity contribution in [1.29, 1.82) is 0 Å². The molecule has 2 N–H and O–H groups in total. The van der Waals surface area contributed by atoms with Crippen LogP contribution in [0.3, 0.4) is 0 Å². The minimum atomic E-state index is -0.589. The Balaban J connectivity index is 1.56. The second-order valence-electron chi connectivity index (χ2n) is 5.67. The quantitative estimate of drug-likeness (QED) is 0.887. The summed E-state index contributed by atoms with van der Waals surface area (Å²) in [5.74, 6) is -0.185. The molecule has 21 heavy (non-hydrogen) atoms. The van der Waals surface area contributed by atoms with E-state index in [2.05, 4.69) is 10.5 Å². The maximum atomic E-state index is 12.2. The number of aliphatic hydroxyl groups excluding tert-OH is 1. The van der Waals surface area contributed by atoms with E-state index in [-0.39, 0.29) is 11.9 Å². The summed E-state index contributed by atoms with van der Waals surface area (Å²) in [4.78, 5) is 17.5. The number of carbonyl (C=O) groups excluding carboxylic acids is 1. The zero-order valence-electron chi connectivity index (χ0n) is 11.9. The van der Waals surface area contributed by atoms with Crippen molar-refractivity contribution < 1.29 is 14.7 Å². The van der Waals surface area contributed by atoms with Gasteiger partial charge in [-0.2, -0.15) is 0 Å². The fourth-order valence-electron chi connectivity index (χ4n) is 2.87. The van der Waals surface area contributed by atoms with Crippen LogP contribution in [0.4, 0.5) is 0 Å². The highest BCUT2D eigenvalue weighted by Crippen LogP contribution is 2.20. The van der Waals surface area contributed by atoms with Gasteiger partial charge in [-0.15, -0.1) is 0 Å². The van der Waals surface area contributed by atoms with Gasteiger partial charge in [0.05, 0.1) is 17.9 Å². The first-order valence-electron chi connectivity index (χ1n) is 7.50. The molecule has 1 aromatic carbocycles. The molecular formula is C16H20N2O3. The van der Waals surface area contributed by atoms with Gasteiger partial charge in [-0.3, -0.25) is 4.79 Å². The van der Waals surface area contributed by atoms with E-state index in [1.165, 1.54) is 0 Å². The Morgan fingerprint density at radius 3 is 2.76 bits per heavy atom. The summed E-state index contributed by atoms with van der Waals surface area (Å²) in [5, 5.41) is 16.8. The number of nitrogens with one attached hydrogen (secondary N) is 1. The lowest BCUT2D eigenvalue weighted by molar-refractivity contribution is -0.133. The highest BCUT2D eigenvalue weighted by Gasteiger charge is 2.32. The molecule has 1 aliphatic carbocycles. The average Bonchev–Trinajstić information content (AvgIpc) is 3.00. The van der Waals surface area contributed by atoms with Crippen LogP contribution in [0.15, 0.2) is 35.5 Å². The van der Waals surface area contributed by atoms with E-state index < -0.39 is 12.2 Å².